The fourth-order valence-corrected chi connectivity index (χ4v) is 1.22. The molecule has 17 heavy (non-hydrogen) atoms. The Labute approximate surface area is 99.8 Å². The van der Waals surface area contributed by atoms with Gasteiger partial charge in [-0.15, -0.1) is 0 Å². The van der Waals surface area contributed by atoms with Crippen molar-refractivity contribution in [2.45, 2.75) is 0 Å². The molecule has 0 unspecified atom stereocenters. The molecule has 0 aliphatic carbocycles. The highest BCUT2D eigenvalue weighted by molar-refractivity contribution is 5.48. The molecule has 0 bridgehead atoms. The quantitative estimate of drug-likeness (QED) is 0.747. The van der Waals surface area contributed by atoms with Crippen molar-refractivity contribution in [2.75, 3.05) is 0 Å². The van der Waals surface area contributed by atoms with E-state index in [0.717, 1.165) is 11.4 Å². The first-order chi connectivity index (χ1) is 8.45. The maximum absolute atomic E-state index is 4.70. The molecule has 2 heterocycles. The Hall–Kier alpha value is -2.42. The van der Waals surface area contributed by atoms with Gasteiger partial charge in [-0.25, -0.2) is 0 Å². The minimum Gasteiger partial charge on any atom is -0.364 e. The third kappa shape index (κ3) is 3.91. The summed E-state index contributed by atoms with van der Waals surface area (Å²) in [5.74, 6) is 0. The number of aromatic nitrogens is 2. The number of allylic oxidation sites excluding steroid dienone is 4. The lowest BCUT2D eigenvalue weighted by Crippen LogP contribution is -1.74. The van der Waals surface area contributed by atoms with Gasteiger partial charge in [0.1, 0.15) is 12.0 Å². The number of pyridine rings is 1. The largest absolute Gasteiger partial charge is 0.364 e. The topological polar surface area (TPSA) is 38.9 Å². The van der Waals surface area contributed by atoms with Gasteiger partial charge in [0.15, 0.2) is 0 Å². The average Bonchev–Trinajstić information content (AvgIpc) is 2.88. The summed E-state index contributed by atoms with van der Waals surface area (Å²) in [6.07, 6.45) is 14.8. The molecule has 2 rings (SSSR count). The van der Waals surface area contributed by atoms with Gasteiger partial charge in [-0.1, -0.05) is 35.5 Å². The van der Waals surface area contributed by atoms with Gasteiger partial charge in [-0.05, 0) is 24.3 Å². The van der Waals surface area contributed by atoms with Crippen LogP contribution in [0.15, 0.2) is 65.6 Å². The van der Waals surface area contributed by atoms with Crippen molar-refractivity contribution in [1.82, 2.24) is 10.1 Å². The van der Waals surface area contributed by atoms with E-state index in [0.29, 0.717) is 0 Å². The van der Waals surface area contributed by atoms with Gasteiger partial charge in [0.25, 0.3) is 0 Å². The third-order valence-corrected chi connectivity index (χ3v) is 2.01. The Morgan fingerprint density at radius 2 is 1.71 bits per heavy atom. The second kappa shape index (κ2) is 6.23. The summed E-state index contributed by atoms with van der Waals surface area (Å²) in [7, 11) is 0. The zero-order valence-electron chi connectivity index (χ0n) is 9.23. The van der Waals surface area contributed by atoms with Gasteiger partial charge in [0.05, 0.1) is 5.69 Å². The van der Waals surface area contributed by atoms with Crippen LogP contribution in [-0.2, 0) is 0 Å². The highest BCUT2D eigenvalue weighted by Crippen LogP contribution is 1.98. The summed E-state index contributed by atoms with van der Waals surface area (Å²) in [4.78, 5) is 4.18. The van der Waals surface area contributed by atoms with E-state index in [4.69, 9.17) is 4.52 Å². The number of rotatable bonds is 4. The maximum atomic E-state index is 4.70. The predicted molar refractivity (Wildman–Crippen MR) is 67.9 cm³/mol. The Balaban J connectivity index is 1.84. The van der Waals surface area contributed by atoms with Crippen LogP contribution in [0.3, 0.4) is 0 Å². The minimum atomic E-state index is 0.809. The molecule has 3 heteroatoms. The van der Waals surface area contributed by atoms with E-state index in [1.54, 1.807) is 18.5 Å². The first-order valence-electron chi connectivity index (χ1n) is 5.28. The van der Waals surface area contributed by atoms with E-state index in [1.807, 2.05) is 54.7 Å². The summed E-state index contributed by atoms with van der Waals surface area (Å²) in [5.41, 5.74) is 1.75. The Morgan fingerprint density at radius 1 is 0.882 bits per heavy atom. The van der Waals surface area contributed by atoms with E-state index in [2.05, 4.69) is 10.1 Å². The molecule has 84 valence electrons. The van der Waals surface area contributed by atoms with E-state index in [-0.39, 0.29) is 0 Å². The number of hydrogen-bond acceptors (Lipinski definition) is 3. The molecule has 0 aliphatic rings. The first kappa shape index (κ1) is 11.1. The van der Waals surface area contributed by atoms with Crippen LogP contribution in [0.4, 0.5) is 0 Å². The van der Waals surface area contributed by atoms with Crippen LogP contribution in [0.1, 0.15) is 11.4 Å². The lowest BCUT2D eigenvalue weighted by atomic mass is 10.3. The Bertz CT molecular complexity index is 510. The molecular formula is C14H12N2O. The van der Waals surface area contributed by atoms with Crippen molar-refractivity contribution in [3.8, 4) is 0 Å². The summed E-state index contributed by atoms with van der Waals surface area (Å²) in [5, 5.41) is 3.76. The number of nitrogens with zero attached hydrogens (tertiary/aromatic N) is 2. The summed E-state index contributed by atoms with van der Waals surface area (Å²) in [6, 6.07) is 7.61. The molecule has 0 spiro atoms. The predicted octanol–water partition coefficient (Wildman–Crippen LogP) is 3.35. The molecule has 0 atom stereocenters. The van der Waals surface area contributed by atoms with Crippen LogP contribution >= 0.6 is 0 Å². The normalized spacial score (nSPS) is 12.0. The molecule has 0 fully saturated rings. The van der Waals surface area contributed by atoms with E-state index in [1.165, 1.54) is 0 Å². The van der Waals surface area contributed by atoms with Gasteiger partial charge in [0, 0.05) is 12.3 Å². The minimum absolute atomic E-state index is 0.809. The van der Waals surface area contributed by atoms with Gasteiger partial charge in [-0.3, -0.25) is 4.98 Å². The second-order valence-electron chi connectivity index (χ2n) is 3.28. The lowest BCUT2D eigenvalue weighted by molar-refractivity contribution is 0.418. The van der Waals surface area contributed by atoms with E-state index in [9.17, 15) is 0 Å². The van der Waals surface area contributed by atoms with Crippen LogP contribution in [0, 0.1) is 0 Å². The standard InChI is InChI=1S/C14H12N2O/c1(2-4-9-14-10-12-17-16-14)3-7-13-8-5-6-11-15-13/h1-12H. The van der Waals surface area contributed by atoms with Crippen molar-refractivity contribution >= 4 is 12.2 Å². The van der Waals surface area contributed by atoms with Gasteiger partial charge >= 0.3 is 0 Å². The summed E-state index contributed by atoms with van der Waals surface area (Å²) >= 11 is 0. The summed E-state index contributed by atoms with van der Waals surface area (Å²) in [6.45, 7) is 0. The smallest absolute Gasteiger partial charge is 0.124 e. The fraction of sp³-hybridized carbons (Fsp3) is 0. The molecule has 0 saturated heterocycles. The van der Waals surface area contributed by atoms with Gasteiger partial charge < -0.3 is 4.52 Å². The average molecular weight is 224 g/mol. The van der Waals surface area contributed by atoms with Crippen molar-refractivity contribution in [3.05, 3.63) is 72.4 Å². The Kier molecular flexibility index (Phi) is 4.06. The molecule has 0 aromatic carbocycles. The first-order valence-corrected chi connectivity index (χ1v) is 5.28. The van der Waals surface area contributed by atoms with Crippen LogP contribution in [0.25, 0.3) is 12.2 Å². The third-order valence-electron chi connectivity index (χ3n) is 2.01. The molecule has 2 aromatic heterocycles. The zero-order valence-corrected chi connectivity index (χ0v) is 9.23. The maximum Gasteiger partial charge on any atom is 0.124 e. The van der Waals surface area contributed by atoms with Crippen LogP contribution in [-0.4, -0.2) is 10.1 Å². The molecule has 0 saturated carbocycles. The van der Waals surface area contributed by atoms with Gasteiger partial charge in [0.2, 0.25) is 0 Å². The van der Waals surface area contributed by atoms with Crippen LogP contribution in [0.2, 0.25) is 0 Å². The molecule has 0 N–H and O–H groups in total. The van der Waals surface area contributed by atoms with Crippen molar-refractivity contribution in [1.29, 1.82) is 0 Å². The molecular weight excluding hydrogens is 212 g/mol. The molecule has 0 radical (unpaired) electrons. The molecule has 3 nitrogen and oxygen atoms in total. The van der Waals surface area contributed by atoms with Crippen molar-refractivity contribution in [3.63, 3.8) is 0 Å². The summed E-state index contributed by atoms with van der Waals surface area (Å²) < 4.78 is 4.70. The highest BCUT2D eigenvalue weighted by Gasteiger charge is 1.85. The van der Waals surface area contributed by atoms with Crippen LogP contribution in [0.5, 0.6) is 0 Å². The van der Waals surface area contributed by atoms with Crippen LogP contribution < -0.4 is 0 Å². The van der Waals surface area contributed by atoms with Crippen molar-refractivity contribution in [2.24, 2.45) is 0 Å². The molecule has 0 amide bonds. The zero-order chi connectivity index (χ0) is 11.8. The second-order valence-corrected chi connectivity index (χ2v) is 3.28. The lowest BCUT2D eigenvalue weighted by Gasteiger charge is -1.87. The molecule has 0 aliphatic heterocycles. The SMILES string of the molecule is C(=CC=Cc1ccon1)C=Cc1ccccn1. The van der Waals surface area contributed by atoms with E-state index >= 15 is 0 Å². The highest BCUT2D eigenvalue weighted by atomic mass is 16.5. The molecule has 2 aromatic rings. The van der Waals surface area contributed by atoms with Crippen molar-refractivity contribution < 1.29 is 4.52 Å². The fourth-order valence-electron chi connectivity index (χ4n) is 1.22. The monoisotopic (exact) mass is 224 g/mol. The Morgan fingerprint density at radius 3 is 2.35 bits per heavy atom. The van der Waals surface area contributed by atoms with Gasteiger partial charge in [-0.2, -0.15) is 0 Å². The van der Waals surface area contributed by atoms with E-state index < -0.39 is 0 Å². The number of hydrogen-bond donors (Lipinski definition) is 0.